The number of rotatable bonds is 2. The third-order valence-electron chi connectivity index (χ3n) is 3.69. The average Bonchev–Trinajstić information content (AvgIpc) is 3.28. The normalized spacial score (nSPS) is 10.7. The van der Waals surface area contributed by atoms with Crippen molar-refractivity contribution >= 4 is 22.4 Å². The van der Waals surface area contributed by atoms with E-state index in [0.717, 1.165) is 16.3 Å². The number of hydrogen-bond acceptors (Lipinski definition) is 4. The van der Waals surface area contributed by atoms with Crippen molar-refractivity contribution in [3.8, 4) is 0 Å². The number of fused-ring (bicyclic) bond motifs is 1. The molecular formula is C17H18FN5S. The number of aryl methyl sites for hydroxylation is 3. The van der Waals surface area contributed by atoms with E-state index in [1.54, 1.807) is 37.0 Å². The van der Waals surface area contributed by atoms with E-state index < -0.39 is 0 Å². The second-order valence-electron chi connectivity index (χ2n) is 5.46. The molecule has 0 N–H and O–H groups in total. The second kappa shape index (κ2) is 6.92. The zero-order chi connectivity index (χ0) is 17.1. The van der Waals surface area contributed by atoms with Crippen LogP contribution in [0.25, 0.3) is 11.0 Å². The highest BCUT2D eigenvalue weighted by Gasteiger charge is 2.10. The van der Waals surface area contributed by atoms with Gasteiger partial charge in [-0.25, -0.2) is 14.4 Å². The molecule has 3 heterocycles. The maximum Gasteiger partial charge on any atom is 0.129 e. The number of benzene rings is 1. The van der Waals surface area contributed by atoms with E-state index in [9.17, 15) is 4.39 Å². The Hall–Kier alpha value is -2.54. The Morgan fingerprint density at radius 1 is 1.21 bits per heavy atom. The molecule has 0 bridgehead atoms. The standard InChI is InChI=1S/C13H13FN4.C4H5NS/c1-9-5-12-11(6-10(9)14)16-13(17(12)2)7-18-4-3-15-8-18;1-4-5-2-3-6-4/h3-6,8H,7H2,1-2H3;2-3H,1H3. The first-order chi connectivity index (χ1) is 11.5. The minimum Gasteiger partial charge on any atom is -0.330 e. The maximum atomic E-state index is 13.5. The third kappa shape index (κ3) is 3.51. The third-order valence-corrected chi connectivity index (χ3v) is 4.40. The molecule has 0 aliphatic heterocycles. The van der Waals surface area contributed by atoms with Gasteiger partial charge in [0.1, 0.15) is 11.6 Å². The summed E-state index contributed by atoms with van der Waals surface area (Å²) in [7, 11) is 1.94. The minimum absolute atomic E-state index is 0.213. The fourth-order valence-electron chi connectivity index (χ4n) is 2.35. The first-order valence-electron chi connectivity index (χ1n) is 7.48. The summed E-state index contributed by atoms with van der Waals surface area (Å²) in [6, 6.07) is 3.32. The van der Waals surface area contributed by atoms with E-state index in [0.29, 0.717) is 17.6 Å². The lowest BCUT2D eigenvalue weighted by Gasteiger charge is -2.03. The summed E-state index contributed by atoms with van der Waals surface area (Å²) in [6.45, 7) is 4.38. The molecule has 0 spiro atoms. The molecule has 1 aromatic carbocycles. The summed E-state index contributed by atoms with van der Waals surface area (Å²) in [5, 5.41) is 3.10. The Balaban J connectivity index is 0.000000238. The van der Waals surface area contributed by atoms with E-state index in [1.165, 1.54) is 6.07 Å². The van der Waals surface area contributed by atoms with Gasteiger partial charge in [-0.05, 0) is 25.5 Å². The molecule has 3 aromatic heterocycles. The summed E-state index contributed by atoms with van der Waals surface area (Å²) in [4.78, 5) is 12.4. The molecule has 4 aromatic rings. The predicted octanol–water partition coefficient (Wildman–Crippen LogP) is 3.72. The molecule has 0 aliphatic carbocycles. The van der Waals surface area contributed by atoms with Gasteiger partial charge < -0.3 is 9.13 Å². The van der Waals surface area contributed by atoms with Gasteiger partial charge in [0.15, 0.2) is 0 Å². The number of nitrogens with zero attached hydrogens (tertiary/aromatic N) is 5. The zero-order valence-electron chi connectivity index (χ0n) is 13.8. The van der Waals surface area contributed by atoms with E-state index in [1.807, 2.05) is 40.7 Å². The van der Waals surface area contributed by atoms with Crippen molar-refractivity contribution in [2.24, 2.45) is 7.05 Å². The van der Waals surface area contributed by atoms with Gasteiger partial charge in [-0.1, -0.05) is 0 Å². The van der Waals surface area contributed by atoms with Crippen LogP contribution in [0.3, 0.4) is 0 Å². The quantitative estimate of drug-likeness (QED) is 0.557. The van der Waals surface area contributed by atoms with Crippen LogP contribution in [-0.2, 0) is 13.6 Å². The monoisotopic (exact) mass is 343 g/mol. The lowest BCUT2D eigenvalue weighted by molar-refractivity contribution is 0.620. The molecule has 0 radical (unpaired) electrons. The Labute approximate surface area is 143 Å². The van der Waals surface area contributed by atoms with Crippen LogP contribution in [0.15, 0.2) is 42.4 Å². The van der Waals surface area contributed by atoms with Gasteiger partial charge in [0.25, 0.3) is 0 Å². The molecule has 7 heteroatoms. The van der Waals surface area contributed by atoms with Crippen LogP contribution in [0.5, 0.6) is 0 Å². The van der Waals surface area contributed by atoms with Gasteiger partial charge >= 0.3 is 0 Å². The van der Waals surface area contributed by atoms with Crippen LogP contribution >= 0.6 is 11.3 Å². The average molecular weight is 343 g/mol. The Morgan fingerprint density at radius 3 is 2.62 bits per heavy atom. The highest BCUT2D eigenvalue weighted by Crippen LogP contribution is 2.19. The lowest BCUT2D eigenvalue weighted by Crippen LogP contribution is -2.04. The first-order valence-corrected chi connectivity index (χ1v) is 8.36. The molecule has 124 valence electrons. The molecule has 0 amide bonds. The van der Waals surface area contributed by atoms with Crippen molar-refractivity contribution in [2.45, 2.75) is 20.4 Å². The topological polar surface area (TPSA) is 48.5 Å². The van der Waals surface area contributed by atoms with E-state index in [4.69, 9.17) is 0 Å². The van der Waals surface area contributed by atoms with Crippen molar-refractivity contribution in [1.82, 2.24) is 24.1 Å². The van der Waals surface area contributed by atoms with Crippen LogP contribution in [-0.4, -0.2) is 24.1 Å². The van der Waals surface area contributed by atoms with Crippen molar-refractivity contribution in [3.05, 3.63) is 64.6 Å². The summed E-state index contributed by atoms with van der Waals surface area (Å²) < 4.78 is 17.4. The Kier molecular flexibility index (Phi) is 4.71. The number of thiazole rings is 1. The second-order valence-corrected chi connectivity index (χ2v) is 6.56. The van der Waals surface area contributed by atoms with E-state index >= 15 is 0 Å². The highest BCUT2D eigenvalue weighted by atomic mass is 32.1. The summed E-state index contributed by atoms with van der Waals surface area (Å²) in [5.41, 5.74) is 2.28. The largest absolute Gasteiger partial charge is 0.330 e. The van der Waals surface area contributed by atoms with Crippen LogP contribution in [0.2, 0.25) is 0 Å². The van der Waals surface area contributed by atoms with Crippen LogP contribution in [0, 0.1) is 19.7 Å². The van der Waals surface area contributed by atoms with Crippen LogP contribution in [0.4, 0.5) is 4.39 Å². The molecule has 0 saturated carbocycles. The summed E-state index contributed by atoms with van der Waals surface area (Å²) in [5.74, 6) is 0.669. The van der Waals surface area contributed by atoms with Crippen molar-refractivity contribution in [2.75, 3.05) is 0 Å². The van der Waals surface area contributed by atoms with Crippen molar-refractivity contribution in [1.29, 1.82) is 0 Å². The predicted molar refractivity (Wildman–Crippen MR) is 93.6 cm³/mol. The van der Waals surface area contributed by atoms with Crippen LogP contribution in [0.1, 0.15) is 16.4 Å². The molecule has 4 rings (SSSR count). The molecule has 5 nitrogen and oxygen atoms in total. The maximum absolute atomic E-state index is 13.5. The molecule has 0 aliphatic rings. The van der Waals surface area contributed by atoms with Crippen molar-refractivity contribution in [3.63, 3.8) is 0 Å². The van der Waals surface area contributed by atoms with Gasteiger partial charge in [-0.15, -0.1) is 11.3 Å². The number of imidazole rings is 2. The molecule has 0 atom stereocenters. The van der Waals surface area contributed by atoms with Gasteiger partial charge in [0.05, 0.1) is 28.9 Å². The lowest BCUT2D eigenvalue weighted by atomic mass is 10.2. The number of aromatic nitrogens is 5. The molecule has 0 unspecified atom stereocenters. The Bertz CT molecular complexity index is 926. The van der Waals surface area contributed by atoms with Crippen LogP contribution < -0.4 is 0 Å². The zero-order valence-corrected chi connectivity index (χ0v) is 14.6. The first kappa shape index (κ1) is 16.3. The smallest absolute Gasteiger partial charge is 0.129 e. The number of halogens is 1. The van der Waals surface area contributed by atoms with Gasteiger partial charge in [-0.3, -0.25) is 4.98 Å². The SMILES string of the molecule is Cc1cc2c(cc1F)nc(Cn1ccnc1)n2C.Cc1nccs1. The highest BCUT2D eigenvalue weighted by molar-refractivity contribution is 7.09. The number of hydrogen-bond donors (Lipinski definition) is 0. The summed E-state index contributed by atoms with van der Waals surface area (Å²) in [6.07, 6.45) is 7.16. The fourth-order valence-corrected chi connectivity index (χ4v) is 2.79. The Morgan fingerprint density at radius 2 is 2.04 bits per heavy atom. The fraction of sp³-hybridized carbons (Fsp3) is 0.235. The molecule has 24 heavy (non-hydrogen) atoms. The summed E-state index contributed by atoms with van der Waals surface area (Å²) >= 11 is 1.67. The van der Waals surface area contributed by atoms with Gasteiger partial charge in [0.2, 0.25) is 0 Å². The van der Waals surface area contributed by atoms with Crippen molar-refractivity contribution < 1.29 is 4.39 Å². The molecular weight excluding hydrogens is 325 g/mol. The van der Waals surface area contributed by atoms with Gasteiger partial charge in [-0.2, -0.15) is 0 Å². The van der Waals surface area contributed by atoms with Gasteiger partial charge in [0, 0.05) is 37.1 Å². The van der Waals surface area contributed by atoms with E-state index in [2.05, 4.69) is 15.0 Å². The molecule has 0 fully saturated rings. The molecule has 0 saturated heterocycles. The minimum atomic E-state index is -0.213. The van der Waals surface area contributed by atoms with E-state index in [-0.39, 0.29) is 5.82 Å².